The molecular formula is C7H15N2OS+. The summed E-state index contributed by atoms with van der Waals surface area (Å²) in [7, 11) is 4.04. The lowest BCUT2D eigenvalue weighted by atomic mass is 10.2. The van der Waals surface area contributed by atoms with Gasteiger partial charge in [-0.1, -0.05) is 0 Å². The monoisotopic (exact) mass is 175 g/mol. The fourth-order valence-corrected chi connectivity index (χ4v) is 2.37. The molecule has 1 rings (SSSR count). The molecule has 1 saturated heterocycles. The van der Waals surface area contributed by atoms with Crippen molar-refractivity contribution in [2.24, 2.45) is 5.73 Å². The summed E-state index contributed by atoms with van der Waals surface area (Å²) in [5.41, 5.74) is 5.25. The third-order valence-electron chi connectivity index (χ3n) is 2.35. The quantitative estimate of drug-likeness (QED) is 0.414. The van der Waals surface area contributed by atoms with E-state index in [-0.39, 0.29) is 11.9 Å². The summed E-state index contributed by atoms with van der Waals surface area (Å²) >= 11 is 4.34. The molecule has 0 radical (unpaired) electrons. The molecule has 1 aliphatic heterocycles. The first-order chi connectivity index (χ1) is 4.93. The lowest BCUT2D eigenvalue weighted by molar-refractivity contribution is -0.892. The van der Waals surface area contributed by atoms with Crippen molar-refractivity contribution in [1.29, 1.82) is 0 Å². The van der Waals surface area contributed by atoms with Crippen molar-refractivity contribution in [2.45, 2.75) is 17.7 Å². The number of hydrogen-bond donors (Lipinski definition) is 2. The average molecular weight is 175 g/mol. The normalized spacial score (nSPS) is 35.5. The summed E-state index contributed by atoms with van der Waals surface area (Å²) in [5, 5.41) is 0.322. The van der Waals surface area contributed by atoms with Crippen LogP contribution < -0.4 is 5.73 Å². The predicted octanol–water partition coefficient (Wildman–Crippen LogP) is -0.381. The molecule has 1 amide bonds. The van der Waals surface area contributed by atoms with Crippen molar-refractivity contribution in [3.05, 3.63) is 0 Å². The zero-order valence-corrected chi connectivity index (χ0v) is 7.84. The lowest BCUT2D eigenvalue weighted by Gasteiger charge is -2.29. The smallest absolute Gasteiger partial charge is 0.275 e. The summed E-state index contributed by atoms with van der Waals surface area (Å²) in [4.78, 5) is 10.9. The van der Waals surface area contributed by atoms with Crippen LogP contribution in [-0.4, -0.2) is 42.3 Å². The molecule has 1 fully saturated rings. The number of thiol groups is 1. The number of carbonyl (C=O) groups excluding carboxylic acids is 1. The van der Waals surface area contributed by atoms with Crippen LogP contribution in [-0.2, 0) is 4.79 Å². The number of quaternary nitrogens is 1. The molecule has 0 spiro atoms. The SMILES string of the molecule is C[N+]1(C)C[C@@H](S)C[C@H]1C(N)=O. The second kappa shape index (κ2) is 2.68. The van der Waals surface area contributed by atoms with E-state index >= 15 is 0 Å². The highest BCUT2D eigenvalue weighted by Crippen LogP contribution is 2.25. The Kier molecular flexibility index (Phi) is 2.16. The zero-order chi connectivity index (χ0) is 8.65. The van der Waals surface area contributed by atoms with E-state index in [0.29, 0.717) is 9.73 Å². The van der Waals surface area contributed by atoms with Gasteiger partial charge in [0.25, 0.3) is 5.91 Å². The molecule has 2 atom stereocenters. The number of nitrogens with two attached hydrogens (primary N) is 1. The molecule has 11 heavy (non-hydrogen) atoms. The lowest BCUT2D eigenvalue weighted by Crippen LogP contribution is -2.50. The molecule has 2 N–H and O–H groups in total. The maximum atomic E-state index is 10.9. The summed E-state index contributed by atoms with van der Waals surface area (Å²) in [6, 6.07) is -0.0440. The first-order valence-electron chi connectivity index (χ1n) is 3.73. The molecule has 64 valence electrons. The molecule has 1 heterocycles. The molecule has 4 heteroatoms. The van der Waals surface area contributed by atoms with Crippen LogP contribution in [0.2, 0.25) is 0 Å². The molecule has 0 aromatic carbocycles. The summed E-state index contributed by atoms with van der Waals surface area (Å²) < 4.78 is 0.684. The standard InChI is InChI=1S/C7H14N2OS/c1-9(2)4-5(11)3-6(9)7(8)10/h5-6H,3-4H2,1-2H3,(H2-,8,10,11)/p+1/t5-,6-/m0/s1. The van der Waals surface area contributed by atoms with E-state index in [1.54, 1.807) is 0 Å². The van der Waals surface area contributed by atoms with Crippen molar-refractivity contribution in [3.63, 3.8) is 0 Å². The Labute approximate surface area is 72.5 Å². The highest BCUT2D eigenvalue weighted by atomic mass is 32.1. The highest BCUT2D eigenvalue weighted by molar-refractivity contribution is 7.81. The zero-order valence-electron chi connectivity index (χ0n) is 6.95. The fraction of sp³-hybridized carbons (Fsp3) is 0.857. The average Bonchev–Trinajstić information content (AvgIpc) is 2.04. The van der Waals surface area contributed by atoms with E-state index < -0.39 is 0 Å². The second-order valence-electron chi connectivity index (χ2n) is 3.77. The highest BCUT2D eigenvalue weighted by Gasteiger charge is 2.42. The third-order valence-corrected chi connectivity index (χ3v) is 2.72. The molecule has 3 nitrogen and oxygen atoms in total. The first-order valence-corrected chi connectivity index (χ1v) is 4.25. The largest absolute Gasteiger partial charge is 0.365 e. The van der Waals surface area contributed by atoms with Gasteiger partial charge in [-0.25, -0.2) is 0 Å². The molecule has 1 aliphatic rings. The van der Waals surface area contributed by atoms with Crippen molar-refractivity contribution >= 4 is 18.5 Å². The Morgan fingerprint density at radius 1 is 1.64 bits per heavy atom. The van der Waals surface area contributed by atoms with Gasteiger partial charge in [-0.05, 0) is 0 Å². The van der Waals surface area contributed by atoms with Crippen molar-refractivity contribution in [1.82, 2.24) is 0 Å². The number of likely N-dealkylation sites (tertiary alicyclic amines) is 1. The van der Waals surface area contributed by atoms with Gasteiger partial charge in [-0.3, -0.25) is 4.79 Å². The van der Waals surface area contributed by atoms with Gasteiger partial charge in [0.05, 0.1) is 25.9 Å². The Morgan fingerprint density at radius 3 is 2.36 bits per heavy atom. The Bertz CT molecular complexity index is 181. The van der Waals surface area contributed by atoms with Gasteiger partial charge < -0.3 is 10.2 Å². The first kappa shape index (κ1) is 8.87. The minimum Gasteiger partial charge on any atom is -0.365 e. The van der Waals surface area contributed by atoms with Crippen LogP contribution in [0.25, 0.3) is 0 Å². The van der Waals surface area contributed by atoms with Crippen LogP contribution in [0, 0.1) is 0 Å². The van der Waals surface area contributed by atoms with Gasteiger partial charge in [0.2, 0.25) is 0 Å². The van der Waals surface area contributed by atoms with Crippen LogP contribution in [0.5, 0.6) is 0 Å². The van der Waals surface area contributed by atoms with Crippen molar-refractivity contribution < 1.29 is 9.28 Å². The summed E-state index contributed by atoms with van der Waals surface area (Å²) in [5.74, 6) is -0.202. The number of primary amides is 1. The Hall–Kier alpha value is -0.220. The van der Waals surface area contributed by atoms with E-state index in [9.17, 15) is 4.79 Å². The number of rotatable bonds is 1. The fourth-order valence-electron chi connectivity index (χ4n) is 1.75. The predicted molar refractivity (Wildman–Crippen MR) is 47.3 cm³/mol. The molecule has 0 aromatic heterocycles. The number of hydrogen-bond acceptors (Lipinski definition) is 2. The minimum atomic E-state index is -0.202. The molecular weight excluding hydrogens is 160 g/mol. The second-order valence-corrected chi connectivity index (χ2v) is 4.50. The van der Waals surface area contributed by atoms with E-state index in [2.05, 4.69) is 12.6 Å². The molecule has 0 saturated carbocycles. The Balaban J connectivity index is 2.74. The van der Waals surface area contributed by atoms with E-state index in [4.69, 9.17) is 5.73 Å². The molecule has 0 unspecified atom stereocenters. The number of amides is 1. The van der Waals surface area contributed by atoms with Crippen LogP contribution in [0.15, 0.2) is 0 Å². The molecule has 0 bridgehead atoms. The summed E-state index contributed by atoms with van der Waals surface area (Å²) in [6.45, 7) is 0.927. The molecule has 0 aliphatic carbocycles. The van der Waals surface area contributed by atoms with Gasteiger partial charge in [-0.2, -0.15) is 12.6 Å². The maximum Gasteiger partial charge on any atom is 0.275 e. The number of carbonyl (C=O) groups is 1. The van der Waals surface area contributed by atoms with Crippen LogP contribution in [0.4, 0.5) is 0 Å². The van der Waals surface area contributed by atoms with Crippen molar-refractivity contribution in [2.75, 3.05) is 20.6 Å². The van der Waals surface area contributed by atoms with Crippen LogP contribution in [0.3, 0.4) is 0 Å². The van der Waals surface area contributed by atoms with Gasteiger partial charge in [-0.15, -0.1) is 0 Å². The van der Waals surface area contributed by atoms with Gasteiger partial charge in [0, 0.05) is 6.42 Å². The third kappa shape index (κ3) is 1.68. The van der Waals surface area contributed by atoms with E-state index in [0.717, 1.165) is 13.0 Å². The summed E-state index contributed by atoms with van der Waals surface area (Å²) in [6.07, 6.45) is 0.811. The molecule has 0 aromatic rings. The number of nitrogens with zero attached hydrogens (tertiary/aromatic N) is 1. The maximum absolute atomic E-state index is 10.9. The minimum absolute atomic E-state index is 0.0440. The topological polar surface area (TPSA) is 43.1 Å². The van der Waals surface area contributed by atoms with Crippen LogP contribution >= 0.6 is 12.6 Å². The van der Waals surface area contributed by atoms with E-state index in [1.807, 2.05) is 14.1 Å². The van der Waals surface area contributed by atoms with Crippen LogP contribution in [0.1, 0.15) is 6.42 Å². The number of likely N-dealkylation sites (N-methyl/N-ethyl adjacent to an activating group) is 1. The van der Waals surface area contributed by atoms with Gasteiger partial charge in [0.15, 0.2) is 6.04 Å². The van der Waals surface area contributed by atoms with Crippen molar-refractivity contribution in [3.8, 4) is 0 Å². The van der Waals surface area contributed by atoms with Gasteiger partial charge >= 0.3 is 0 Å². The van der Waals surface area contributed by atoms with Gasteiger partial charge in [0.1, 0.15) is 0 Å². The Morgan fingerprint density at radius 2 is 2.18 bits per heavy atom. The van der Waals surface area contributed by atoms with E-state index in [1.165, 1.54) is 0 Å².